The largest absolute Gasteiger partial charge is 0.392 e. The molecule has 0 atom stereocenters. The van der Waals surface area contributed by atoms with Crippen LogP contribution in [0.4, 0.5) is 0 Å². The van der Waals surface area contributed by atoms with Crippen molar-refractivity contribution < 1.29 is 9.63 Å². The Bertz CT molecular complexity index is 496. The van der Waals surface area contributed by atoms with Crippen molar-refractivity contribution >= 4 is 11.8 Å². The molecule has 0 saturated carbocycles. The van der Waals surface area contributed by atoms with Gasteiger partial charge in [0.2, 0.25) is 5.89 Å². The van der Waals surface area contributed by atoms with E-state index < -0.39 is 0 Å². The molecule has 0 saturated heterocycles. The molecule has 1 aromatic carbocycles. The smallest absolute Gasteiger partial charge is 0.236 e. The standard InChI is InChI=1S/C14H18N2O2S/c1-2-3-13-15-14(18-16-13)10-19-9-12-6-4-11(8-17)5-7-12/h4-7,17H,2-3,8-10H2,1H3. The second kappa shape index (κ2) is 7.31. The third kappa shape index (κ3) is 4.36. The van der Waals surface area contributed by atoms with Crippen LogP contribution in [0.15, 0.2) is 28.8 Å². The fourth-order valence-electron chi connectivity index (χ4n) is 1.67. The topological polar surface area (TPSA) is 59.2 Å². The van der Waals surface area contributed by atoms with Gasteiger partial charge >= 0.3 is 0 Å². The van der Waals surface area contributed by atoms with Crippen LogP contribution in [0.5, 0.6) is 0 Å². The highest BCUT2D eigenvalue weighted by Gasteiger charge is 2.05. The Balaban J connectivity index is 1.78. The van der Waals surface area contributed by atoms with Crippen molar-refractivity contribution in [3.8, 4) is 0 Å². The van der Waals surface area contributed by atoms with Crippen LogP contribution >= 0.6 is 11.8 Å². The normalized spacial score (nSPS) is 10.8. The van der Waals surface area contributed by atoms with E-state index in [0.29, 0.717) is 5.89 Å². The van der Waals surface area contributed by atoms with Gasteiger partial charge in [-0.3, -0.25) is 0 Å². The molecule has 1 aromatic heterocycles. The zero-order valence-electron chi connectivity index (χ0n) is 11.0. The summed E-state index contributed by atoms with van der Waals surface area (Å²) in [5.74, 6) is 3.13. The number of hydrogen-bond acceptors (Lipinski definition) is 5. The summed E-state index contributed by atoms with van der Waals surface area (Å²) in [6, 6.07) is 7.97. The van der Waals surface area contributed by atoms with Crippen LogP contribution in [-0.4, -0.2) is 15.2 Å². The van der Waals surface area contributed by atoms with Crippen molar-refractivity contribution in [2.75, 3.05) is 0 Å². The van der Waals surface area contributed by atoms with Crippen LogP contribution in [0.25, 0.3) is 0 Å². The Morgan fingerprint density at radius 1 is 1.16 bits per heavy atom. The van der Waals surface area contributed by atoms with Gasteiger partial charge in [0.15, 0.2) is 5.82 Å². The highest BCUT2D eigenvalue weighted by molar-refractivity contribution is 7.97. The second-order valence-corrected chi connectivity index (χ2v) is 5.31. The first-order valence-corrected chi connectivity index (χ1v) is 7.55. The minimum absolute atomic E-state index is 0.0929. The lowest BCUT2D eigenvalue weighted by molar-refractivity contribution is 0.282. The minimum Gasteiger partial charge on any atom is -0.392 e. The van der Waals surface area contributed by atoms with Gasteiger partial charge in [-0.1, -0.05) is 36.3 Å². The summed E-state index contributed by atoms with van der Waals surface area (Å²) >= 11 is 1.75. The summed E-state index contributed by atoms with van der Waals surface area (Å²) in [4.78, 5) is 4.33. The third-order valence-electron chi connectivity index (χ3n) is 2.68. The average Bonchev–Trinajstić information content (AvgIpc) is 2.88. The van der Waals surface area contributed by atoms with Crippen molar-refractivity contribution in [1.29, 1.82) is 0 Å². The maximum atomic E-state index is 8.97. The number of hydrogen-bond donors (Lipinski definition) is 1. The molecule has 0 aliphatic rings. The first-order chi connectivity index (χ1) is 9.31. The lowest BCUT2D eigenvalue weighted by atomic mass is 10.2. The van der Waals surface area contributed by atoms with Gasteiger partial charge in [-0.25, -0.2) is 0 Å². The predicted molar refractivity (Wildman–Crippen MR) is 75.7 cm³/mol. The number of benzene rings is 1. The molecule has 1 N–H and O–H groups in total. The van der Waals surface area contributed by atoms with Crippen molar-refractivity contribution in [3.63, 3.8) is 0 Å². The zero-order chi connectivity index (χ0) is 13.5. The summed E-state index contributed by atoms with van der Waals surface area (Å²) in [6.07, 6.45) is 1.90. The number of rotatable bonds is 7. The molecular formula is C14H18N2O2S. The van der Waals surface area contributed by atoms with E-state index >= 15 is 0 Å². The number of aliphatic hydroxyl groups excluding tert-OH is 1. The first kappa shape index (κ1) is 14.1. The molecule has 5 heteroatoms. The van der Waals surface area contributed by atoms with Crippen LogP contribution in [0, 0.1) is 0 Å². The van der Waals surface area contributed by atoms with Gasteiger partial charge in [-0.05, 0) is 17.5 Å². The molecule has 102 valence electrons. The molecular weight excluding hydrogens is 260 g/mol. The molecule has 19 heavy (non-hydrogen) atoms. The third-order valence-corrected chi connectivity index (χ3v) is 3.67. The molecule has 0 fully saturated rings. The summed E-state index contributed by atoms with van der Waals surface area (Å²) in [5.41, 5.74) is 2.17. The summed E-state index contributed by atoms with van der Waals surface area (Å²) in [5, 5.41) is 12.9. The average molecular weight is 278 g/mol. The van der Waals surface area contributed by atoms with E-state index in [2.05, 4.69) is 17.1 Å². The van der Waals surface area contributed by atoms with E-state index in [9.17, 15) is 0 Å². The maximum Gasteiger partial charge on any atom is 0.236 e. The van der Waals surface area contributed by atoms with Crippen LogP contribution in [0.2, 0.25) is 0 Å². The quantitative estimate of drug-likeness (QED) is 0.843. The molecule has 0 amide bonds. The van der Waals surface area contributed by atoms with Crippen LogP contribution < -0.4 is 0 Å². The van der Waals surface area contributed by atoms with Crippen LogP contribution in [-0.2, 0) is 24.5 Å². The molecule has 2 rings (SSSR count). The molecule has 0 aliphatic carbocycles. The number of aliphatic hydroxyl groups is 1. The fraction of sp³-hybridized carbons (Fsp3) is 0.429. The number of nitrogens with zero attached hydrogens (tertiary/aromatic N) is 2. The van der Waals surface area contributed by atoms with E-state index in [1.165, 1.54) is 5.56 Å². The van der Waals surface area contributed by atoms with Gasteiger partial charge in [-0.2, -0.15) is 4.98 Å². The zero-order valence-corrected chi connectivity index (χ0v) is 11.8. The molecule has 2 aromatic rings. The van der Waals surface area contributed by atoms with Gasteiger partial charge in [0.1, 0.15) is 0 Å². The molecule has 0 aliphatic heterocycles. The van der Waals surface area contributed by atoms with Crippen molar-refractivity contribution in [1.82, 2.24) is 10.1 Å². The van der Waals surface area contributed by atoms with Crippen molar-refractivity contribution in [2.45, 2.75) is 37.9 Å². The van der Waals surface area contributed by atoms with Crippen LogP contribution in [0.3, 0.4) is 0 Å². The number of aryl methyl sites for hydroxylation is 1. The van der Waals surface area contributed by atoms with Crippen LogP contribution in [0.1, 0.15) is 36.2 Å². The predicted octanol–water partition coefficient (Wildman–Crippen LogP) is 2.95. The lowest BCUT2D eigenvalue weighted by Gasteiger charge is -2.01. The van der Waals surface area contributed by atoms with Gasteiger partial charge in [0.25, 0.3) is 0 Å². The molecule has 0 unspecified atom stereocenters. The fourth-order valence-corrected chi connectivity index (χ4v) is 2.49. The van der Waals surface area contributed by atoms with Gasteiger partial charge in [0, 0.05) is 12.2 Å². The Kier molecular flexibility index (Phi) is 5.42. The number of thioether (sulfide) groups is 1. The van der Waals surface area contributed by atoms with E-state index in [1.807, 2.05) is 24.3 Å². The number of aromatic nitrogens is 2. The Labute approximate surface area is 117 Å². The molecule has 0 radical (unpaired) electrons. The Morgan fingerprint density at radius 3 is 2.58 bits per heavy atom. The van der Waals surface area contributed by atoms with Gasteiger partial charge in [0.05, 0.1) is 12.4 Å². The summed E-state index contributed by atoms with van der Waals surface area (Å²) < 4.78 is 5.18. The van der Waals surface area contributed by atoms with E-state index in [0.717, 1.165) is 35.7 Å². The molecule has 1 heterocycles. The van der Waals surface area contributed by atoms with Crippen molar-refractivity contribution in [2.24, 2.45) is 0 Å². The lowest BCUT2D eigenvalue weighted by Crippen LogP contribution is -1.88. The molecule has 0 spiro atoms. The SMILES string of the molecule is CCCc1noc(CSCc2ccc(CO)cc2)n1. The molecule has 0 bridgehead atoms. The highest BCUT2D eigenvalue weighted by atomic mass is 32.2. The monoisotopic (exact) mass is 278 g/mol. The van der Waals surface area contributed by atoms with E-state index in [1.54, 1.807) is 11.8 Å². The summed E-state index contributed by atoms with van der Waals surface area (Å²) in [6.45, 7) is 2.19. The maximum absolute atomic E-state index is 8.97. The van der Waals surface area contributed by atoms with Gasteiger partial charge < -0.3 is 9.63 Å². The first-order valence-electron chi connectivity index (χ1n) is 6.39. The van der Waals surface area contributed by atoms with Crippen molar-refractivity contribution in [3.05, 3.63) is 47.1 Å². The van der Waals surface area contributed by atoms with E-state index in [-0.39, 0.29) is 6.61 Å². The second-order valence-electron chi connectivity index (χ2n) is 4.32. The van der Waals surface area contributed by atoms with Gasteiger partial charge in [-0.15, -0.1) is 11.8 Å². The highest BCUT2D eigenvalue weighted by Crippen LogP contribution is 2.17. The Hall–Kier alpha value is -1.33. The Morgan fingerprint density at radius 2 is 1.89 bits per heavy atom. The summed E-state index contributed by atoms with van der Waals surface area (Å²) in [7, 11) is 0. The molecule has 4 nitrogen and oxygen atoms in total. The van der Waals surface area contributed by atoms with E-state index in [4.69, 9.17) is 9.63 Å². The minimum atomic E-state index is 0.0929.